The number of esters is 1. The zero-order chi connectivity index (χ0) is 14.8. The molecule has 2 atom stereocenters. The molecule has 1 aromatic heterocycles. The summed E-state index contributed by atoms with van der Waals surface area (Å²) in [4.78, 5) is 12.1. The lowest BCUT2D eigenvalue weighted by Gasteiger charge is -2.09. The van der Waals surface area contributed by atoms with E-state index in [2.05, 4.69) is 0 Å². The summed E-state index contributed by atoms with van der Waals surface area (Å²) < 4.78 is 21.0. The zero-order valence-electron chi connectivity index (χ0n) is 11.9. The fraction of sp³-hybridized carbons (Fsp3) is 0.312. The van der Waals surface area contributed by atoms with E-state index in [-0.39, 0.29) is 17.8 Å². The molecule has 0 radical (unpaired) electrons. The largest absolute Gasteiger partial charge is 0.493 e. The maximum absolute atomic E-state index is 12.1. The van der Waals surface area contributed by atoms with E-state index >= 15 is 0 Å². The highest BCUT2D eigenvalue weighted by atomic mass is 16.5. The zero-order valence-corrected chi connectivity index (χ0v) is 11.9. The molecule has 1 heterocycles. The standard InChI is InChI=1S/C16H16O5/c1-18-14-6-5-10(8-15(14)19-2)21-16(17)12-9-11(12)13-4-3-7-20-13/h3-8,11-12H,9H2,1-2H3/t11-,12-/m0/s1. The highest BCUT2D eigenvalue weighted by molar-refractivity contribution is 5.79. The number of benzene rings is 1. The molecule has 2 aromatic rings. The van der Waals surface area contributed by atoms with Gasteiger partial charge in [0.25, 0.3) is 0 Å². The summed E-state index contributed by atoms with van der Waals surface area (Å²) in [6.45, 7) is 0. The highest BCUT2D eigenvalue weighted by Crippen LogP contribution is 2.48. The van der Waals surface area contributed by atoms with Gasteiger partial charge in [0.15, 0.2) is 11.5 Å². The Kier molecular flexibility index (Phi) is 3.56. The number of hydrogen-bond donors (Lipinski definition) is 0. The first-order chi connectivity index (χ1) is 10.2. The van der Waals surface area contributed by atoms with E-state index in [1.54, 1.807) is 31.6 Å². The minimum Gasteiger partial charge on any atom is -0.493 e. The van der Waals surface area contributed by atoms with Crippen LogP contribution in [0.4, 0.5) is 0 Å². The molecular weight excluding hydrogens is 272 g/mol. The van der Waals surface area contributed by atoms with E-state index in [4.69, 9.17) is 18.6 Å². The minimum absolute atomic E-state index is 0.132. The number of rotatable bonds is 5. The number of furan rings is 1. The van der Waals surface area contributed by atoms with E-state index in [9.17, 15) is 4.79 Å². The predicted molar refractivity (Wildman–Crippen MR) is 74.7 cm³/mol. The van der Waals surface area contributed by atoms with Gasteiger partial charge in [-0.1, -0.05) is 0 Å². The van der Waals surface area contributed by atoms with Crippen LogP contribution in [-0.2, 0) is 4.79 Å². The van der Waals surface area contributed by atoms with Crippen LogP contribution in [0.25, 0.3) is 0 Å². The van der Waals surface area contributed by atoms with Crippen LogP contribution >= 0.6 is 0 Å². The summed E-state index contributed by atoms with van der Waals surface area (Å²) >= 11 is 0. The van der Waals surface area contributed by atoms with Crippen LogP contribution in [0, 0.1) is 5.92 Å². The maximum Gasteiger partial charge on any atom is 0.315 e. The van der Waals surface area contributed by atoms with Crippen LogP contribution in [0.1, 0.15) is 18.1 Å². The molecular formula is C16H16O5. The Morgan fingerprint density at radius 1 is 1.19 bits per heavy atom. The normalized spacial score (nSPS) is 19.9. The van der Waals surface area contributed by atoms with Crippen molar-refractivity contribution in [2.24, 2.45) is 5.92 Å². The lowest BCUT2D eigenvalue weighted by atomic mass is 10.2. The van der Waals surface area contributed by atoms with E-state index in [1.807, 2.05) is 12.1 Å². The molecule has 5 nitrogen and oxygen atoms in total. The first kappa shape index (κ1) is 13.5. The van der Waals surface area contributed by atoms with Gasteiger partial charge in [-0.15, -0.1) is 0 Å². The Bertz CT molecular complexity index is 632. The van der Waals surface area contributed by atoms with Gasteiger partial charge >= 0.3 is 5.97 Å². The Balaban J connectivity index is 1.66. The summed E-state index contributed by atoms with van der Waals surface area (Å²) in [5.74, 6) is 2.16. The quantitative estimate of drug-likeness (QED) is 0.625. The van der Waals surface area contributed by atoms with Crippen LogP contribution in [0.2, 0.25) is 0 Å². The molecule has 1 fully saturated rings. The van der Waals surface area contributed by atoms with Gasteiger partial charge < -0.3 is 18.6 Å². The summed E-state index contributed by atoms with van der Waals surface area (Å²) in [5, 5.41) is 0. The van der Waals surface area contributed by atoms with Gasteiger partial charge in [0, 0.05) is 12.0 Å². The minimum atomic E-state index is -0.247. The molecule has 0 bridgehead atoms. The predicted octanol–water partition coefficient (Wildman–Crippen LogP) is 3.01. The van der Waals surface area contributed by atoms with Gasteiger partial charge in [-0.2, -0.15) is 0 Å². The monoisotopic (exact) mass is 288 g/mol. The van der Waals surface area contributed by atoms with Crippen molar-refractivity contribution >= 4 is 5.97 Å². The van der Waals surface area contributed by atoms with Crippen molar-refractivity contribution in [1.29, 1.82) is 0 Å². The third-order valence-corrected chi connectivity index (χ3v) is 3.58. The molecule has 0 saturated heterocycles. The van der Waals surface area contributed by atoms with Gasteiger partial charge in [-0.25, -0.2) is 0 Å². The van der Waals surface area contributed by atoms with Crippen molar-refractivity contribution in [2.45, 2.75) is 12.3 Å². The van der Waals surface area contributed by atoms with Gasteiger partial charge in [-0.3, -0.25) is 4.79 Å². The molecule has 0 amide bonds. The molecule has 0 unspecified atom stereocenters. The molecule has 3 rings (SSSR count). The second kappa shape index (κ2) is 5.52. The maximum atomic E-state index is 12.1. The molecule has 1 aromatic carbocycles. The first-order valence-electron chi connectivity index (χ1n) is 6.70. The van der Waals surface area contributed by atoms with E-state index in [0.29, 0.717) is 17.2 Å². The van der Waals surface area contributed by atoms with E-state index in [0.717, 1.165) is 12.2 Å². The van der Waals surface area contributed by atoms with Gasteiger partial charge in [0.05, 0.1) is 26.4 Å². The highest BCUT2D eigenvalue weighted by Gasteiger charge is 2.47. The molecule has 21 heavy (non-hydrogen) atoms. The molecule has 0 aliphatic heterocycles. The topological polar surface area (TPSA) is 57.9 Å². The summed E-state index contributed by atoms with van der Waals surface area (Å²) in [6.07, 6.45) is 2.38. The lowest BCUT2D eigenvalue weighted by Crippen LogP contribution is -2.11. The van der Waals surface area contributed by atoms with Crippen LogP contribution in [0.5, 0.6) is 17.2 Å². The Morgan fingerprint density at radius 2 is 2.00 bits per heavy atom. The second-order valence-corrected chi connectivity index (χ2v) is 4.90. The molecule has 110 valence electrons. The molecule has 1 aliphatic rings. The van der Waals surface area contributed by atoms with Crippen molar-refractivity contribution in [1.82, 2.24) is 0 Å². The number of ether oxygens (including phenoxy) is 3. The first-order valence-corrected chi connectivity index (χ1v) is 6.70. The SMILES string of the molecule is COc1ccc(OC(=O)[C@H]2C[C@@H]2c2ccco2)cc1OC. The van der Waals surface area contributed by atoms with Gasteiger partial charge in [0.1, 0.15) is 11.5 Å². The lowest BCUT2D eigenvalue weighted by molar-refractivity contribution is -0.136. The molecule has 1 saturated carbocycles. The Labute approximate surface area is 122 Å². The summed E-state index contributed by atoms with van der Waals surface area (Å²) in [5.41, 5.74) is 0. The third-order valence-electron chi connectivity index (χ3n) is 3.58. The molecule has 5 heteroatoms. The van der Waals surface area contributed by atoms with Crippen LogP contribution in [0.15, 0.2) is 41.0 Å². The van der Waals surface area contributed by atoms with Crippen molar-refractivity contribution < 1.29 is 23.4 Å². The number of methoxy groups -OCH3 is 2. The van der Waals surface area contributed by atoms with E-state index in [1.165, 1.54) is 7.11 Å². The molecule has 0 N–H and O–H groups in total. The van der Waals surface area contributed by atoms with Crippen molar-refractivity contribution in [2.75, 3.05) is 14.2 Å². The molecule has 1 aliphatic carbocycles. The summed E-state index contributed by atoms with van der Waals surface area (Å²) in [6, 6.07) is 8.74. The number of carbonyl (C=O) groups is 1. The average molecular weight is 288 g/mol. The van der Waals surface area contributed by atoms with Gasteiger partial charge in [0.2, 0.25) is 0 Å². The van der Waals surface area contributed by atoms with Gasteiger partial charge in [-0.05, 0) is 30.7 Å². The second-order valence-electron chi connectivity index (χ2n) is 4.90. The van der Waals surface area contributed by atoms with Crippen molar-refractivity contribution in [3.8, 4) is 17.2 Å². The van der Waals surface area contributed by atoms with E-state index < -0.39 is 0 Å². The smallest absolute Gasteiger partial charge is 0.315 e. The van der Waals surface area contributed by atoms with Crippen LogP contribution < -0.4 is 14.2 Å². The van der Waals surface area contributed by atoms with Crippen LogP contribution in [-0.4, -0.2) is 20.2 Å². The average Bonchev–Trinajstić information content (AvgIpc) is 3.13. The fourth-order valence-corrected chi connectivity index (χ4v) is 2.34. The number of hydrogen-bond acceptors (Lipinski definition) is 5. The fourth-order valence-electron chi connectivity index (χ4n) is 2.34. The van der Waals surface area contributed by atoms with Crippen LogP contribution in [0.3, 0.4) is 0 Å². The summed E-state index contributed by atoms with van der Waals surface area (Å²) in [7, 11) is 3.10. The Hall–Kier alpha value is -2.43. The Morgan fingerprint density at radius 3 is 2.67 bits per heavy atom. The number of carbonyl (C=O) groups excluding carboxylic acids is 1. The van der Waals surface area contributed by atoms with Crippen molar-refractivity contribution in [3.05, 3.63) is 42.4 Å². The molecule has 0 spiro atoms. The third kappa shape index (κ3) is 2.72. The van der Waals surface area contributed by atoms with Crippen molar-refractivity contribution in [3.63, 3.8) is 0 Å².